The van der Waals surface area contributed by atoms with Crippen LogP contribution < -0.4 is 11.5 Å². The molecule has 2 aliphatic heterocycles. The maximum Gasteiger partial charge on any atom is 0.508 e. The minimum Gasteiger partial charge on any atom is -0.431 e. The maximum absolute atomic E-state index is 13.6. The van der Waals surface area contributed by atoms with Crippen LogP contribution >= 0.6 is 0 Å². The average Bonchev–Trinajstić information content (AvgIpc) is 3.86. The molecule has 0 radical (unpaired) electrons. The van der Waals surface area contributed by atoms with Gasteiger partial charge in [0.05, 0.1) is 23.6 Å². The number of nitrogen functional groups attached to an aromatic ring is 2. The lowest BCUT2D eigenvalue weighted by atomic mass is 9.78. The average molecular weight is 745 g/mol. The Morgan fingerprint density at radius 1 is 0.778 bits per heavy atom. The molecule has 0 bridgehead atoms. The van der Waals surface area contributed by atoms with E-state index in [1.807, 2.05) is 12.1 Å². The van der Waals surface area contributed by atoms with Crippen LogP contribution in [0.4, 0.5) is 16.4 Å². The van der Waals surface area contributed by atoms with Crippen molar-refractivity contribution in [2.75, 3.05) is 11.5 Å². The van der Waals surface area contributed by atoms with Crippen LogP contribution in [0.1, 0.15) is 62.8 Å². The predicted molar refractivity (Wildman–Crippen MR) is 182 cm³/mol. The second kappa shape index (κ2) is 13.6. The first-order valence-corrected chi connectivity index (χ1v) is 18.0. The lowest BCUT2D eigenvalue weighted by Gasteiger charge is -2.37. The molecule has 4 aromatic heterocycles. The van der Waals surface area contributed by atoms with Crippen LogP contribution in [0.25, 0.3) is 11.0 Å². The minimum atomic E-state index is -2.02. The predicted octanol–water partition coefficient (Wildman–Crippen LogP) is 0.586. The fraction of sp³-hybridized carbons (Fsp3) is 0.571. The van der Waals surface area contributed by atoms with Crippen molar-refractivity contribution in [3.63, 3.8) is 0 Å². The van der Waals surface area contributed by atoms with Crippen molar-refractivity contribution in [2.45, 2.75) is 111 Å². The summed E-state index contributed by atoms with van der Waals surface area (Å²) in [5.41, 5.74) is 8.98. The van der Waals surface area contributed by atoms with Crippen molar-refractivity contribution in [3.05, 3.63) is 48.3 Å². The number of aliphatic hydroxyl groups is 4. The van der Waals surface area contributed by atoms with E-state index in [0.717, 1.165) is 38.5 Å². The first-order chi connectivity index (χ1) is 26.0. The van der Waals surface area contributed by atoms with Gasteiger partial charge in [0.15, 0.2) is 11.6 Å². The number of fused-ring (bicyclic) bond motifs is 2. The molecule has 10 atom stereocenters. The number of anilines is 2. The van der Waals surface area contributed by atoms with Crippen LogP contribution in [0.15, 0.2) is 36.9 Å². The molecule has 0 aromatic carbocycles. The SMILES string of the molecule is N#C[C@@]1(c2ccc3c(N)ncnn23)O[C@H](CC(OC(=O)OC(C[C@H]2O[C@@](C#N)(c3ccc4c(N)ncnn34)[C@H](O)[C@@H]2O)C2CCC2)C2CCC2)[C@@H](O)[C@H]1O. The van der Waals surface area contributed by atoms with Gasteiger partial charge in [0.25, 0.3) is 0 Å². The Morgan fingerprint density at radius 3 is 1.54 bits per heavy atom. The fourth-order valence-electron chi connectivity index (χ4n) is 8.24. The molecule has 4 fully saturated rings. The molecule has 4 aliphatic rings. The molecule has 2 aliphatic carbocycles. The Morgan fingerprint density at radius 2 is 1.19 bits per heavy atom. The Hall–Kier alpha value is -5.15. The zero-order valence-electron chi connectivity index (χ0n) is 29.0. The molecule has 54 heavy (non-hydrogen) atoms. The Kier molecular flexibility index (Phi) is 9.04. The van der Waals surface area contributed by atoms with E-state index in [4.69, 9.17) is 30.4 Å². The highest BCUT2D eigenvalue weighted by Crippen LogP contribution is 2.46. The number of nitrogens with zero attached hydrogens (tertiary/aromatic N) is 8. The third-order valence-corrected chi connectivity index (χ3v) is 11.7. The molecule has 0 amide bonds. The van der Waals surface area contributed by atoms with Gasteiger partial charge < -0.3 is 50.8 Å². The molecule has 284 valence electrons. The van der Waals surface area contributed by atoms with Crippen molar-refractivity contribution in [1.82, 2.24) is 29.2 Å². The monoisotopic (exact) mass is 744 g/mol. The summed E-state index contributed by atoms with van der Waals surface area (Å²) in [6, 6.07) is 10.3. The topological polar surface area (TPSA) is 295 Å². The summed E-state index contributed by atoms with van der Waals surface area (Å²) in [5.74, 6) is 0.118. The van der Waals surface area contributed by atoms with Gasteiger partial charge in [-0.3, -0.25) is 0 Å². The fourth-order valence-corrected chi connectivity index (χ4v) is 8.24. The summed E-state index contributed by atoms with van der Waals surface area (Å²) < 4.78 is 26.9. The first kappa shape index (κ1) is 35.9. The van der Waals surface area contributed by atoms with Gasteiger partial charge in [-0.15, -0.1) is 0 Å². The van der Waals surface area contributed by atoms with E-state index in [-0.39, 0.29) is 47.7 Å². The van der Waals surface area contributed by atoms with E-state index in [1.54, 1.807) is 12.1 Å². The number of carbonyl (C=O) groups excluding carboxylic acids is 1. The normalized spacial score (nSPS) is 32.4. The number of aliphatic hydroxyl groups excluding tert-OH is 4. The second-order valence-corrected chi connectivity index (χ2v) is 14.6. The zero-order chi connectivity index (χ0) is 37.9. The van der Waals surface area contributed by atoms with Crippen molar-refractivity contribution in [3.8, 4) is 12.1 Å². The molecule has 2 unspecified atom stereocenters. The largest absolute Gasteiger partial charge is 0.508 e. The summed E-state index contributed by atoms with van der Waals surface area (Å²) in [4.78, 5) is 21.5. The van der Waals surface area contributed by atoms with Gasteiger partial charge in [-0.25, -0.2) is 23.8 Å². The highest BCUT2D eigenvalue weighted by molar-refractivity contribution is 5.67. The van der Waals surface area contributed by atoms with Gasteiger partial charge in [0.2, 0.25) is 11.2 Å². The summed E-state index contributed by atoms with van der Waals surface area (Å²) in [6.45, 7) is 0. The van der Waals surface area contributed by atoms with E-state index in [2.05, 4.69) is 20.2 Å². The smallest absolute Gasteiger partial charge is 0.431 e. The van der Waals surface area contributed by atoms with E-state index in [9.17, 15) is 35.7 Å². The number of rotatable bonds is 10. The molecule has 6 heterocycles. The Bertz CT molecular complexity index is 1990. The molecule has 8 rings (SSSR count). The number of nitriles is 2. The number of hydrogen-bond acceptors (Lipinski definition) is 17. The number of ether oxygens (including phenoxy) is 4. The third kappa shape index (κ3) is 5.58. The standard InChI is InChI=1S/C35H40N10O9/c36-13-34(25-9-7-19-31(38)40-15-42-44(19)25)29(48)27(46)23(53-34)11-21(17-3-1-4-17)51-33(50)52-22(18-5-2-6-18)12-24-28(47)30(49)35(14-37,54-24)26-10-8-20-32(39)41-16-43-45(20)26/h7-10,15-18,21-24,27-30,46-49H,1-6,11-12H2,(H2,38,40,42)(H2,39,41,43)/t21?,22?,23-,24-,27-,28-,29-,30-,34+,35+/m1/s1. The molecule has 19 heteroatoms. The van der Waals surface area contributed by atoms with E-state index in [1.165, 1.54) is 33.8 Å². The van der Waals surface area contributed by atoms with Crippen molar-refractivity contribution >= 4 is 28.8 Å². The van der Waals surface area contributed by atoms with E-state index in [0.29, 0.717) is 11.0 Å². The number of aromatic nitrogens is 6. The summed E-state index contributed by atoms with van der Waals surface area (Å²) in [7, 11) is 0. The quantitative estimate of drug-likeness (QED) is 0.121. The summed E-state index contributed by atoms with van der Waals surface area (Å²) in [5, 5.41) is 74.0. The first-order valence-electron chi connectivity index (χ1n) is 18.0. The number of carbonyl (C=O) groups is 1. The number of hydrogen-bond donors (Lipinski definition) is 6. The maximum atomic E-state index is 13.6. The van der Waals surface area contributed by atoms with Crippen LogP contribution in [0.5, 0.6) is 0 Å². The highest BCUT2D eigenvalue weighted by atomic mass is 16.7. The number of nitrogens with two attached hydrogens (primary N) is 2. The molecule has 0 spiro atoms. The lowest BCUT2D eigenvalue weighted by Crippen LogP contribution is -2.42. The molecule has 4 aromatic rings. The highest BCUT2D eigenvalue weighted by Gasteiger charge is 2.60. The molecule has 2 saturated carbocycles. The van der Waals surface area contributed by atoms with Gasteiger partial charge >= 0.3 is 6.16 Å². The molecular formula is C35H40N10O9. The van der Waals surface area contributed by atoms with Crippen molar-refractivity contribution < 1.29 is 44.2 Å². The summed E-state index contributed by atoms with van der Waals surface area (Å²) in [6.07, 6.45) is -4.15. The lowest BCUT2D eigenvalue weighted by molar-refractivity contribution is -0.102. The molecule has 19 nitrogen and oxygen atoms in total. The molecular weight excluding hydrogens is 704 g/mol. The van der Waals surface area contributed by atoms with Crippen molar-refractivity contribution in [2.24, 2.45) is 11.8 Å². The summed E-state index contributed by atoms with van der Waals surface area (Å²) >= 11 is 0. The Balaban J connectivity index is 0.983. The van der Waals surface area contributed by atoms with Gasteiger partial charge in [0, 0.05) is 12.8 Å². The third-order valence-electron chi connectivity index (χ3n) is 11.7. The van der Waals surface area contributed by atoms with Crippen LogP contribution in [0, 0.1) is 34.5 Å². The van der Waals surface area contributed by atoms with Crippen LogP contribution in [0.3, 0.4) is 0 Å². The van der Waals surface area contributed by atoms with Gasteiger partial charge in [-0.2, -0.15) is 20.7 Å². The minimum absolute atomic E-state index is 0.0450. The van der Waals surface area contributed by atoms with Crippen LogP contribution in [-0.4, -0.2) is 105 Å². The molecule has 2 saturated heterocycles. The Labute approximate surface area is 307 Å². The van der Waals surface area contributed by atoms with Crippen LogP contribution in [0.2, 0.25) is 0 Å². The van der Waals surface area contributed by atoms with Gasteiger partial charge in [-0.1, -0.05) is 12.8 Å². The zero-order valence-corrected chi connectivity index (χ0v) is 29.0. The van der Waals surface area contributed by atoms with E-state index < -0.39 is 66.2 Å². The van der Waals surface area contributed by atoms with Crippen LogP contribution in [-0.2, 0) is 30.1 Å². The van der Waals surface area contributed by atoms with Gasteiger partial charge in [0.1, 0.15) is 72.5 Å². The van der Waals surface area contributed by atoms with E-state index >= 15 is 0 Å². The second-order valence-electron chi connectivity index (χ2n) is 14.6. The molecule has 8 N–H and O–H groups in total. The van der Waals surface area contributed by atoms with Gasteiger partial charge in [-0.05, 0) is 61.8 Å². The van der Waals surface area contributed by atoms with Crippen molar-refractivity contribution in [1.29, 1.82) is 10.5 Å².